The van der Waals surface area contributed by atoms with Gasteiger partial charge < -0.3 is 4.74 Å². The molecule has 2 nitrogen and oxygen atoms in total. The Hall–Kier alpha value is -0.340. The zero-order chi connectivity index (χ0) is 15.0. The van der Waals surface area contributed by atoms with E-state index in [1.54, 1.807) is 0 Å². The average molecular weight is 339 g/mol. The second-order valence-corrected chi connectivity index (χ2v) is 5.08. The molecule has 0 unspecified atom stereocenters. The highest BCUT2D eigenvalue weighted by Crippen LogP contribution is 2.57. The summed E-state index contributed by atoms with van der Waals surface area (Å²) in [5.41, 5.74) is -5.29. The van der Waals surface area contributed by atoms with E-state index in [2.05, 4.69) is 11.3 Å². The molecule has 0 aliphatic carbocycles. The molecule has 0 N–H and O–H groups in total. The van der Waals surface area contributed by atoms with Gasteiger partial charge in [0, 0.05) is 6.08 Å². The minimum atomic E-state index is -6.20. The minimum Gasteiger partial charge on any atom is -0.432 e. The predicted molar refractivity (Wildman–Crippen MR) is 51.4 cm³/mol. The van der Waals surface area contributed by atoms with E-state index in [0.29, 0.717) is 0 Å². The molecule has 0 fully saturated rings. The van der Waals surface area contributed by atoms with Crippen molar-refractivity contribution in [2.24, 2.45) is 0 Å². The summed E-state index contributed by atoms with van der Waals surface area (Å²) in [6.45, 7) is 2.65. The van der Waals surface area contributed by atoms with Crippen LogP contribution in [0.5, 0.6) is 0 Å². The molecule has 0 aliphatic rings. The Kier molecular flexibility index (Phi) is 4.88. The summed E-state index contributed by atoms with van der Waals surface area (Å²) in [5, 5.41) is 0. The topological polar surface area (TPSA) is 26.3 Å². The normalized spacial score (nSPS) is 14.3. The van der Waals surface area contributed by atoms with Crippen molar-refractivity contribution in [3.63, 3.8) is 0 Å². The van der Waals surface area contributed by atoms with Gasteiger partial charge in [-0.1, -0.05) is 41.4 Å². The Bertz CT molecular complexity index is 307. The molecule has 0 aromatic rings. The van der Waals surface area contributed by atoms with E-state index in [1.807, 2.05) is 0 Å². The van der Waals surface area contributed by atoms with Gasteiger partial charge in [0.05, 0.1) is 0 Å². The molecule has 0 atom stereocenters. The molecule has 0 radical (unpaired) electrons. The number of alkyl halides is 9. The zero-order valence-electron chi connectivity index (χ0n) is 8.00. The third kappa shape index (κ3) is 2.97. The van der Waals surface area contributed by atoms with Gasteiger partial charge in [-0.25, -0.2) is 4.79 Å². The zero-order valence-corrected chi connectivity index (χ0v) is 10.3. The molecule has 0 spiro atoms. The first-order valence-electron chi connectivity index (χ1n) is 3.76. The van der Waals surface area contributed by atoms with Gasteiger partial charge in [-0.05, 0) is 0 Å². The highest BCUT2D eigenvalue weighted by Gasteiger charge is 2.83. The minimum absolute atomic E-state index is 0.0721. The van der Waals surface area contributed by atoms with Crippen molar-refractivity contribution >= 4 is 40.8 Å². The van der Waals surface area contributed by atoms with Crippen LogP contribution in [0.3, 0.4) is 0 Å². The summed E-state index contributed by atoms with van der Waals surface area (Å²) in [6.07, 6.45) is -12.3. The Morgan fingerprint density at radius 3 is 1.50 bits per heavy atom. The second-order valence-electron chi connectivity index (χ2n) is 2.80. The summed E-state index contributed by atoms with van der Waals surface area (Å²) < 4.78 is 74.7. The molecule has 0 aliphatic heterocycles. The average Bonchev–Trinajstić information content (AvgIpc) is 2.07. The quantitative estimate of drug-likeness (QED) is 0.330. The van der Waals surface area contributed by atoms with Gasteiger partial charge in [-0.3, -0.25) is 0 Å². The van der Waals surface area contributed by atoms with Crippen LogP contribution in [0.1, 0.15) is 0 Å². The molecular weight excluding hydrogens is 336 g/mol. The summed E-state index contributed by atoms with van der Waals surface area (Å²) >= 11 is 14.1. The predicted octanol–water partition coefficient (Wildman–Crippen LogP) is 3.95. The summed E-state index contributed by atoms with van der Waals surface area (Å²) in [4.78, 5) is 10.7. The van der Waals surface area contributed by atoms with Crippen LogP contribution in [-0.2, 0) is 9.53 Å². The lowest BCUT2D eigenvalue weighted by Gasteiger charge is -2.40. The first-order chi connectivity index (χ1) is 7.70. The first kappa shape index (κ1) is 17.7. The molecule has 0 bridgehead atoms. The van der Waals surface area contributed by atoms with E-state index >= 15 is 0 Å². The number of ether oxygens (including phenoxy) is 1. The van der Waals surface area contributed by atoms with E-state index in [1.165, 1.54) is 0 Å². The maximum Gasteiger partial charge on any atom is 0.442 e. The number of hydrogen-bond acceptors (Lipinski definition) is 2. The molecule has 0 aromatic carbocycles. The van der Waals surface area contributed by atoms with Crippen molar-refractivity contribution in [2.45, 2.75) is 21.7 Å². The van der Waals surface area contributed by atoms with Gasteiger partial charge in [0.1, 0.15) is 0 Å². The van der Waals surface area contributed by atoms with E-state index in [0.717, 1.165) is 0 Å². The highest BCUT2D eigenvalue weighted by molar-refractivity contribution is 6.68. The van der Waals surface area contributed by atoms with Crippen molar-refractivity contribution in [1.82, 2.24) is 0 Å². The van der Waals surface area contributed by atoms with Crippen LogP contribution in [-0.4, -0.2) is 27.7 Å². The van der Waals surface area contributed by atoms with Crippen LogP contribution in [0.25, 0.3) is 0 Å². The number of carbonyl (C=O) groups is 1. The summed E-state index contributed by atoms with van der Waals surface area (Å²) in [5.74, 6) is -2.05. The monoisotopic (exact) mass is 338 g/mol. The molecule has 0 aromatic heterocycles. The number of esters is 1. The van der Waals surface area contributed by atoms with Gasteiger partial charge in [0.2, 0.25) is 3.79 Å². The van der Waals surface area contributed by atoms with Crippen molar-refractivity contribution in [3.8, 4) is 0 Å². The van der Waals surface area contributed by atoms with E-state index < -0.39 is 27.7 Å². The van der Waals surface area contributed by atoms with Crippen LogP contribution >= 0.6 is 34.8 Å². The number of hydrogen-bond donors (Lipinski definition) is 0. The van der Waals surface area contributed by atoms with Crippen LogP contribution in [0.2, 0.25) is 0 Å². The van der Waals surface area contributed by atoms with Gasteiger partial charge in [-0.2, -0.15) is 26.3 Å². The van der Waals surface area contributed by atoms with Crippen molar-refractivity contribution < 1.29 is 35.9 Å². The smallest absolute Gasteiger partial charge is 0.432 e. The van der Waals surface area contributed by atoms with Crippen molar-refractivity contribution in [3.05, 3.63) is 12.7 Å². The molecule has 0 amide bonds. The Balaban J connectivity index is 6.08. The van der Waals surface area contributed by atoms with Gasteiger partial charge in [0.25, 0.3) is 0 Å². The summed E-state index contributed by atoms with van der Waals surface area (Å²) in [7, 11) is 0. The fraction of sp³-hybridized carbons (Fsp3) is 0.571. The molecule has 0 saturated carbocycles. The fourth-order valence-electron chi connectivity index (χ4n) is 0.848. The highest BCUT2D eigenvalue weighted by atomic mass is 35.6. The molecule has 0 saturated heterocycles. The van der Waals surface area contributed by atoms with Gasteiger partial charge >= 0.3 is 23.9 Å². The maximum absolute atomic E-state index is 12.6. The lowest BCUT2D eigenvalue weighted by atomic mass is 10.0. The van der Waals surface area contributed by atoms with Crippen LogP contribution < -0.4 is 0 Å². The Morgan fingerprint density at radius 1 is 1.00 bits per heavy atom. The number of rotatable bonds is 2. The largest absolute Gasteiger partial charge is 0.442 e. The first-order valence-corrected chi connectivity index (χ1v) is 4.89. The van der Waals surface area contributed by atoms with E-state index in [-0.39, 0.29) is 6.08 Å². The third-order valence-corrected chi connectivity index (χ3v) is 2.42. The second kappa shape index (κ2) is 4.97. The summed E-state index contributed by atoms with van der Waals surface area (Å²) in [6, 6.07) is 0. The molecule has 11 heteroatoms. The molecule has 0 rings (SSSR count). The SMILES string of the molecule is C=CC(=O)OC(C(F)(F)F)(C(F)(F)F)C(Cl)(Cl)Cl. The Labute approximate surface area is 111 Å². The van der Waals surface area contributed by atoms with Crippen LogP contribution in [0.4, 0.5) is 26.3 Å². The van der Waals surface area contributed by atoms with Crippen molar-refractivity contribution in [2.75, 3.05) is 0 Å². The molecule has 0 heterocycles. The van der Waals surface area contributed by atoms with E-state index in [9.17, 15) is 31.1 Å². The lowest BCUT2D eigenvalue weighted by Crippen LogP contribution is -2.67. The maximum atomic E-state index is 12.6. The Morgan fingerprint density at radius 2 is 1.33 bits per heavy atom. The fourth-order valence-corrected chi connectivity index (χ4v) is 1.61. The molecular formula is C7H3Cl3F6O2. The van der Waals surface area contributed by atoms with Gasteiger partial charge in [-0.15, -0.1) is 0 Å². The number of carbonyl (C=O) groups excluding carboxylic acids is 1. The number of halogens is 9. The van der Waals surface area contributed by atoms with Crippen molar-refractivity contribution in [1.29, 1.82) is 0 Å². The van der Waals surface area contributed by atoms with Crippen LogP contribution in [0.15, 0.2) is 12.7 Å². The standard InChI is InChI=1S/C7H3Cl3F6O2/c1-2-3(17)18-4(5(8,9)10,6(11,12)13)7(14,15)16/h2H,1H2. The van der Waals surface area contributed by atoms with Crippen LogP contribution in [0, 0.1) is 0 Å². The lowest BCUT2D eigenvalue weighted by molar-refractivity contribution is -0.367. The third-order valence-electron chi connectivity index (χ3n) is 1.62. The molecule has 18 heavy (non-hydrogen) atoms. The van der Waals surface area contributed by atoms with E-state index in [4.69, 9.17) is 34.8 Å². The molecule has 106 valence electrons. The van der Waals surface area contributed by atoms with Gasteiger partial charge in [0.15, 0.2) is 0 Å².